The molecule has 1 atom stereocenters. The molecule has 2 aromatic carbocycles. The van der Waals surface area contributed by atoms with Crippen molar-refractivity contribution in [3.63, 3.8) is 0 Å². The van der Waals surface area contributed by atoms with E-state index in [4.69, 9.17) is 18.9 Å². The van der Waals surface area contributed by atoms with Crippen LogP contribution < -0.4 is 29.2 Å². The lowest BCUT2D eigenvalue weighted by molar-refractivity contribution is -0.122. The Morgan fingerprint density at radius 3 is 2.38 bits per heavy atom. The molecule has 0 aromatic heterocycles. The maximum absolute atomic E-state index is 13.1. The zero-order valence-electron chi connectivity index (χ0n) is 19.5. The minimum absolute atomic E-state index is 0.0462. The molecule has 4 rings (SSSR count). The van der Waals surface area contributed by atoms with Crippen LogP contribution in [0.4, 0.5) is 11.4 Å². The first kappa shape index (κ1) is 23.2. The van der Waals surface area contributed by atoms with Crippen LogP contribution in [0.25, 0.3) is 0 Å². The summed E-state index contributed by atoms with van der Waals surface area (Å²) in [5.41, 5.74) is 1.18. The molecule has 1 unspecified atom stereocenters. The summed E-state index contributed by atoms with van der Waals surface area (Å²) < 4.78 is 21.8. The van der Waals surface area contributed by atoms with E-state index in [0.717, 1.165) is 0 Å². The number of ether oxygens (including phenoxy) is 4. The van der Waals surface area contributed by atoms with Crippen molar-refractivity contribution in [2.45, 2.75) is 6.42 Å². The van der Waals surface area contributed by atoms with Gasteiger partial charge in [-0.2, -0.15) is 0 Å². The van der Waals surface area contributed by atoms with E-state index in [1.807, 2.05) is 0 Å². The van der Waals surface area contributed by atoms with Crippen molar-refractivity contribution in [3.8, 4) is 23.0 Å². The fraction of sp³-hybridized carbons (Fsp3) is 0.375. The SMILES string of the molecule is COc1cc(NC(=O)C2CC(=O)N(c3ccc4c(c3)OCCO4)C2)c(C(=O)N(C)C)cc1OC. The lowest BCUT2D eigenvalue weighted by Gasteiger charge is -2.22. The van der Waals surface area contributed by atoms with Gasteiger partial charge in [0.05, 0.1) is 31.4 Å². The molecule has 0 spiro atoms. The summed E-state index contributed by atoms with van der Waals surface area (Å²) in [6.07, 6.45) is 0.0462. The van der Waals surface area contributed by atoms with E-state index in [1.54, 1.807) is 43.3 Å². The molecule has 34 heavy (non-hydrogen) atoms. The first-order valence-electron chi connectivity index (χ1n) is 10.8. The molecule has 0 saturated carbocycles. The number of rotatable bonds is 6. The number of benzene rings is 2. The molecule has 0 aliphatic carbocycles. The molecular weight excluding hydrogens is 442 g/mol. The van der Waals surface area contributed by atoms with Gasteiger partial charge in [-0.1, -0.05) is 0 Å². The second-order valence-electron chi connectivity index (χ2n) is 8.17. The molecule has 3 amide bonds. The van der Waals surface area contributed by atoms with E-state index >= 15 is 0 Å². The zero-order chi connectivity index (χ0) is 24.4. The Bertz CT molecular complexity index is 1130. The highest BCUT2D eigenvalue weighted by Gasteiger charge is 2.36. The third-order valence-corrected chi connectivity index (χ3v) is 5.75. The van der Waals surface area contributed by atoms with Crippen LogP contribution in [0.15, 0.2) is 30.3 Å². The van der Waals surface area contributed by atoms with Crippen LogP contribution in [0.1, 0.15) is 16.8 Å². The van der Waals surface area contributed by atoms with Gasteiger partial charge in [0.1, 0.15) is 13.2 Å². The molecule has 0 radical (unpaired) electrons. The molecule has 2 heterocycles. The van der Waals surface area contributed by atoms with Gasteiger partial charge in [0.25, 0.3) is 5.91 Å². The van der Waals surface area contributed by atoms with Crippen LogP contribution in [-0.4, -0.2) is 70.7 Å². The molecule has 1 N–H and O–H groups in total. The average molecular weight is 469 g/mol. The van der Waals surface area contributed by atoms with Gasteiger partial charge < -0.3 is 34.1 Å². The van der Waals surface area contributed by atoms with Crippen LogP contribution in [0, 0.1) is 5.92 Å². The van der Waals surface area contributed by atoms with Crippen molar-refractivity contribution in [1.82, 2.24) is 4.90 Å². The van der Waals surface area contributed by atoms with Gasteiger partial charge in [-0.3, -0.25) is 14.4 Å². The quantitative estimate of drug-likeness (QED) is 0.691. The molecular formula is C24H27N3O7. The van der Waals surface area contributed by atoms with Crippen molar-refractivity contribution in [3.05, 3.63) is 35.9 Å². The minimum Gasteiger partial charge on any atom is -0.493 e. The van der Waals surface area contributed by atoms with Crippen LogP contribution in [0.3, 0.4) is 0 Å². The number of anilines is 2. The maximum atomic E-state index is 13.1. The van der Waals surface area contributed by atoms with E-state index in [2.05, 4.69) is 5.32 Å². The first-order chi connectivity index (χ1) is 16.3. The zero-order valence-corrected chi connectivity index (χ0v) is 19.5. The fourth-order valence-electron chi connectivity index (χ4n) is 3.97. The third-order valence-electron chi connectivity index (χ3n) is 5.75. The van der Waals surface area contributed by atoms with Crippen LogP contribution in [0.5, 0.6) is 23.0 Å². The van der Waals surface area contributed by atoms with Crippen molar-refractivity contribution in [2.24, 2.45) is 5.92 Å². The third kappa shape index (κ3) is 4.43. The second kappa shape index (κ2) is 9.50. The van der Waals surface area contributed by atoms with Gasteiger partial charge in [0.15, 0.2) is 23.0 Å². The smallest absolute Gasteiger partial charge is 0.255 e. The summed E-state index contributed by atoms with van der Waals surface area (Å²) in [4.78, 5) is 41.6. The molecule has 0 bridgehead atoms. The fourth-order valence-corrected chi connectivity index (χ4v) is 3.97. The minimum atomic E-state index is -0.601. The Balaban J connectivity index is 1.55. The normalized spacial score (nSPS) is 16.8. The van der Waals surface area contributed by atoms with E-state index in [-0.39, 0.29) is 41.9 Å². The number of hydrogen-bond donors (Lipinski definition) is 1. The van der Waals surface area contributed by atoms with Gasteiger partial charge in [0, 0.05) is 44.9 Å². The highest BCUT2D eigenvalue weighted by atomic mass is 16.6. The van der Waals surface area contributed by atoms with Crippen LogP contribution >= 0.6 is 0 Å². The standard InChI is InChI=1S/C24H27N3O7/c1-26(2)24(30)16-11-19(31-3)20(32-4)12-17(16)25-23(29)14-9-22(28)27(13-14)15-5-6-18-21(10-15)34-8-7-33-18/h5-6,10-12,14H,7-9,13H2,1-4H3,(H,25,29). The molecule has 1 fully saturated rings. The van der Waals surface area contributed by atoms with Crippen molar-refractivity contribution >= 4 is 29.1 Å². The number of hydrogen-bond acceptors (Lipinski definition) is 7. The summed E-state index contributed by atoms with van der Waals surface area (Å²) in [5.74, 6) is 0.485. The molecule has 2 aliphatic rings. The molecule has 1 saturated heterocycles. The van der Waals surface area contributed by atoms with Crippen molar-refractivity contribution in [1.29, 1.82) is 0 Å². The van der Waals surface area contributed by atoms with Crippen molar-refractivity contribution in [2.75, 3.05) is 58.3 Å². The number of carbonyl (C=O) groups excluding carboxylic acids is 3. The van der Waals surface area contributed by atoms with Crippen LogP contribution in [-0.2, 0) is 9.59 Å². The molecule has 10 heteroatoms. The Labute approximate surface area is 197 Å². The van der Waals surface area contributed by atoms with Gasteiger partial charge in [-0.15, -0.1) is 0 Å². The van der Waals surface area contributed by atoms with E-state index in [9.17, 15) is 14.4 Å². The van der Waals surface area contributed by atoms with E-state index in [0.29, 0.717) is 41.9 Å². The van der Waals surface area contributed by atoms with Gasteiger partial charge in [0.2, 0.25) is 11.8 Å². The first-order valence-corrected chi connectivity index (χ1v) is 10.8. The average Bonchev–Trinajstić information content (AvgIpc) is 3.24. The number of carbonyl (C=O) groups is 3. The monoisotopic (exact) mass is 469 g/mol. The summed E-state index contributed by atoms with van der Waals surface area (Å²) in [5, 5.41) is 2.81. The lowest BCUT2D eigenvalue weighted by Crippen LogP contribution is -2.29. The predicted octanol–water partition coefficient (Wildman–Crippen LogP) is 2.17. The van der Waals surface area contributed by atoms with Gasteiger partial charge in [-0.05, 0) is 18.2 Å². The predicted molar refractivity (Wildman–Crippen MR) is 124 cm³/mol. The molecule has 180 valence electrons. The summed E-state index contributed by atoms with van der Waals surface area (Å²) >= 11 is 0. The Morgan fingerprint density at radius 1 is 1.03 bits per heavy atom. The number of nitrogens with zero attached hydrogens (tertiary/aromatic N) is 2. The van der Waals surface area contributed by atoms with E-state index < -0.39 is 5.92 Å². The van der Waals surface area contributed by atoms with Gasteiger partial charge >= 0.3 is 0 Å². The molecule has 10 nitrogen and oxygen atoms in total. The van der Waals surface area contributed by atoms with Crippen molar-refractivity contribution < 1.29 is 33.3 Å². The Morgan fingerprint density at radius 2 is 1.71 bits per heavy atom. The van der Waals surface area contributed by atoms with Crippen LogP contribution in [0.2, 0.25) is 0 Å². The lowest BCUT2D eigenvalue weighted by atomic mass is 10.1. The summed E-state index contributed by atoms with van der Waals surface area (Å²) in [7, 11) is 6.17. The highest BCUT2D eigenvalue weighted by molar-refractivity contribution is 6.07. The Hall–Kier alpha value is -3.95. The molecule has 2 aliphatic heterocycles. The maximum Gasteiger partial charge on any atom is 0.255 e. The van der Waals surface area contributed by atoms with Gasteiger partial charge in [-0.25, -0.2) is 0 Å². The number of fused-ring (bicyclic) bond motifs is 1. The Kier molecular flexibility index (Phi) is 6.49. The highest BCUT2D eigenvalue weighted by Crippen LogP contribution is 2.37. The number of methoxy groups -OCH3 is 2. The summed E-state index contributed by atoms with van der Waals surface area (Å²) in [6.45, 7) is 1.12. The number of amides is 3. The largest absolute Gasteiger partial charge is 0.493 e. The second-order valence-corrected chi connectivity index (χ2v) is 8.17. The molecule has 2 aromatic rings. The summed E-state index contributed by atoms with van der Waals surface area (Å²) in [6, 6.07) is 8.34. The van der Waals surface area contributed by atoms with E-state index in [1.165, 1.54) is 25.2 Å². The topological polar surface area (TPSA) is 107 Å². The number of nitrogens with one attached hydrogen (secondary N) is 1.